The van der Waals surface area contributed by atoms with Crippen molar-refractivity contribution in [2.45, 2.75) is 67.7 Å². The maximum absolute atomic E-state index is 3.87. The van der Waals surface area contributed by atoms with Gasteiger partial charge in [-0.25, -0.2) is 0 Å². The van der Waals surface area contributed by atoms with Crippen LogP contribution in [0, 0.1) is 0 Å². The van der Waals surface area contributed by atoms with Crippen LogP contribution in [0.2, 0.25) is 0 Å². The fourth-order valence-corrected chi connectivity index (χ4v) is 7.33. The summed E-state index contributed by atoms with van der Waals surface area (Å²) in [6.07, 6.45) is 19.8. The molecule has 10 heteroatoms. The summed E-state index contributed by atoms with van der Waals surface area (Å²) in [5.41, 5.74) is 4.21. The summed E-state index contributed by atoms with van der Waals surface area (Å²) >= 11 is 22.0. The molecule has 43 heavy (non-hydrogen) atoms. The van der Waals surface area contributed by atoms with Crippen LogP contribution in [0.25, 0.3) is 0 Å². The highest BCUT2D eigenvalue weighted by molar-refractivity contribution is 9.11. The summed E-state index contributed by atoms with van der Waals surface area (Å²) in [6.45, 7) is 0. The molecule has 4 rings (SSSR count). The summed E-state index contributed by atoms with van der Waals surface area (Å²) in [4.78, 5) is 0.638. The molecule has 2 aromatic heterocycles. The fourth-order valence-electron chi connectivity index (χ4n) is 4.72. The monoisotopic (exact) mass is 962 g/mol. The van der Waals surface area contributed by atoms with Crippen LogP contribution in [0.15, 0.2) is 103 Å². The second-order valence-electron chi connectivity index (χ2n) is 10.5. The first kappa shape index (κ1) is 35.1. The van der Waals surface area contributed by atoms with Gasteiger partial charge >= 0.3 is 0 Å². The van der Waals surface area contributed by atoms with Crippen molar-refractivity contribution in [1.82, 2.24) is 0 Å². The molecule has 0 saturated carbocycles. The van der Waals surface area contributed by atoms with Crippen LogP contribution in [0.5, 0.6) is 0 Å². The summed E-state index contributed by atoms with van der Waals surface area (Å²) in [7, 11) is 0. The molecule has 228 valence electrons. The lowest BCUT2D eigenvalue weighted by molar-refractivity contribution is -0.698. The van der Waals surface area contributed by atoms with Crippen LogP contribution in [0.4, 0.5) is 22.7 Å². The van der Waals surface area contributed by atoms with Gasteiger partial charge in [-0.3, -0.25) is 0 Å². The third-order valence-corrected chi connectivity index (χ3v) is 11.4. The number of aromatic nitrogens is 2. The highest BCUT2D eigenvalue weighted by atomic mass is 79.9. The second kappa shape index (κ2) is 18.4. The molecule has 4 aromatic rings. The molecule has 0 spiro atoms. The Hall–Kier alpha value is -0.780. The van der Waals surface area contributed by atoms with E-state index >= 15 is 0 Å². The Balaban J connectivity index is 1.05. The van der Waals surface area contributed by atoms with Crippen LogP contribution in [-0.2, 0) is 0 Å². The minimum absolute atomic E-state index is 0.319. The molecule has 2 atom stereocenters. The molecule has 4 nitrogen and oxygen atoms in total. The van der Waals surface area contributed by atoms with E-state index in [-0.39, 0.29) is 0 Å². The largest absolute Gasteiger partial charge is 0.354 e. The van der Waals surface area contributed by atoms with E-state index in [2.05, 4.69) is 177 Å². The van der Waals surface area contributed by atoms with E-state index in [1.54, 1.807) is 0 Å². The first-order valence-corrected chi connectivity index (χ1v) is 19.5. The van der Waals surface area contributed by atoms with E-state index in [9.17, 15) is 0 Å². The number of anilines is 4. The molecule has 2 heterocycles. The predicted molar refractivity (Wildman–Crippen MR) is 201 cm³/mol. The molecule has 0 fully saturated rings. The van der Waals surface area contributed by atoms with E-state index < -0.39 is 0 Å². The quantitative estimate of drug-likeness (QED) is 0.0666. The zero-order valence-electron chi connectivity index (χ0n) is 23.8. The van der Waals surface area contributed by atoms with Gasteiger partial charge in [-0.1, -0.05) is 64.0 Å². The van der Waals surface area contributed by atoms with E-state index in [1.807, 2.05) is 24.3 Å². The van der Waals surface area contributed by atoms with Crippen LogP contribution in [0.3, 0.4) is 0 Å². The molecule has 0 aliphatic heterocycles. The zero-order valence-corrected chi connectivity index (χ0v) is 33.3. The highest BCUT2D eigenvalue weighted by Crippen LogP contribution is 2.30. The summed E-state index contributed by atoms with van der Waals surface area (Å²) in [5.74, 6) is 0. The average molecular weight is 968 g/mol. The van der Waals surface area contributed by atoms with E-state index in [4.69, 9.17) is 0 Å². The number of nitrogens with zero attached hydrogens (tertiary/aromatic N) is 2. The Morgan fingerprint density at radius 1 is 0.488 bits per heavy atom. The summed E-state index contributed by atoms with van der Waals surface area (Å²) in [5, 5.41) is 6.94. The summed E-state index contributed by atoms with van der Waals surface area (Å²) in [6, 6.07) is 20.7. The van der Waals surface area contributed by atoms with Gasteiger partial charge in [-0.2, -0.15) is 9.13 Å². The van der Waals surface area contributed by atoms with Gasteiger partial charge in [0.2, 0.25) is 9.90 Å². The van der Waals surface area contributed by atoms with Gasteiger partial charge in [-0.15, -0.1) is 0 Å². The van der Waals surface area contributed by atoms with Crippen molar-refractivity contribution in [3.63, 3.8) is 0 Å². The number of pyridine rings is 2. The smallest absolute Gasteiger partial charge is 0.211 e. The lowest BCUT2D eigenvalue weighted by atomic mass is 10.1. The van der Waals surface area contributed by atoms with Crippen LogP contribution in [-0.4, -0.2) is 0 Å². The Kier molecular flexibility index (Phi) is 15.0. The third kappa shape index (κ3) is 11.8. The molecule has 0 aliphatic carbocycles. The van der Waals surface area contributed by atoms with Crippen molar-refractivity contribution in [3.05, 3.63) is 103 Å². The lowest BCUT2D eigenvalue weighted by Crippen LogP contribution is -2.35. The average Bonchev–Trinajstić information content (AvgIpc) is 3.00. The van der Waals surface area contributed by atoms with Crippen LogP contribution in [0.1, 0.15) is 67.7 Å². The lowest BCUT2D eigenvalue weighted by Gasteiger charge is -2.10. The molecule has 0 radical (unpaired) electrons. The van der Waals surface area contributed by atoms with Crippen molar-refractivity contribution < 1.29 is 9.13 Å². The number of alkyl halides is 2. The number of rotatable bonds is 16. The second-order valence-corrected chi connectivity index (χ2v) is 16.1. The van der Waals surface area contributed by atoms with Gasteiger partial charge in [0.25, 0.3) is 0 Å². The maximum Gasteiger partial charge on any atom is 0.211 e. The minimum Gasteiger partial charge on any atom is -0.354 e. The first-order valence-electron chi connectivity index (χ1n) is 14.5. The van der Waals surface area contributed by atoms with Gasteiger partial charge in [0, 0.05) is 55.0 Å². The molecular weight excluding hydrogens is 932 g/mol. The van der Waals surface area contributed by atoms with Crippen molar-refractivity contribution in [3.8, 4) is 0 Å². The van der Waals surface area contributed by atoms with E-state index in [0.29, 0.717) is 9.90 Å². The normalized spacial score (nSPS) is 12.6. The van der Waals surface area contributed by atoms with Gasteiger partial charge < -0.3 is 10.6 Å². The first-order chi connectivity index (χ1) is 20.8. The van der Waals surface area contributed by atoms with Crippen molar-refractivity contribution in [2.75, 3.05) is 10.6 Å². The maximum atomic E-state index is 3.87. The number of nitrogens with one attached hydrogen (secondary N) is 2. The highest BCUT2D eigenvalue weighted by Gasteiger charge is 2.15. The Labute approximate surface area is 306 Å². The Morgan fingerprint density at radius 2 is 0.837 bits per heavy atom. The van der Waals surface area contributed by atoms with Crippen molar-refractivity contribution >= 4 is 118 Å². The number of hydrogen-bond acceptors (Lipinski definition) is 2. The van der Waals surface area contributed by atoms with Gasteiger partial charge in [0.15, 0.2) is 24.8 Å². The number of benzene rings is 2. The van der Waals surface area contributed by atoms with Crippen LogP contribution >= 0.6 is 95.6 Å². The fraction of sp³-hybridized carbons (Fsp3) is 0.333. The van der Waals surface area contributed by atoms with Gasteiger partial charge in [0.1, 0.15) is 0 Å². The molecule has 2 unspecified atom stereocenters. The van der Waals surface area contributed by atoms with Crippen LogP contribution < -0.4 is 19.8 Å². The standard InChI is InChI=1S/C33H34Br6N4/c34-24-10-12-28(36)30(22-24)40-26-14-18-42(19-15-26)32(38)8-6-4-2-1-3-5-7-9-33(39)43-20-16-27(17-21-43)41-31-23-25(35)11-13-29(31)37/h10-23,32-33H,1-9H2/p+2. The molecule has 0 saturated heterocycles. The molecule has 0 aliphatic rings. The number of halogens is 6. The SMILES string of the molecule is Brc1ccc(Br)c(Nc2cc[n+](C(Br)CCCCCCCCCC(Br)[n+]3ccc(Nc4cc(Br)ccc4Br)cc3)cc2)c1. The predicted octanol–water partition coefficient (Wildman–Crippen LogP) is 12.8. The number of hydrogen-bond donors (Lipinski definition) is 2. The minimum atomic E-state index is 0.319. The molecule has 0 amide bonds. The molecule has 2 N–H and O–H groups in total. The Bertz CT molecular complexity index is 1320. The molecule has 0 bridgehead atoms. The zero-order chi connectivity index (χ0) is 30.6. The molecule has 2 aromatic carbocycles. The summed E-state index contributed by atoms with van der Waals surface area (Å²) < 4.78 is 8.66. The third-order valence-electron chi connectivity index (χ3n) is 7.15. The van der Waals surface area contributed by atoms with E-state index in [0.717, 1.165) is 53.5 Å². The van der Waals surface area contributed by atoms with Gasteiger partial charge in [0.05, 0.1) is 22.7 Å². The van der Waals surface area contributed by atoms with Gasteiger partial charge in [-0.05, 0) is 113 Å². The topological polar surface area (TPSA) is 31.8 Å². The molecular formula is C33H36Br6N4+2. The Morgan fingerprint density at radius 3 is 1.21 bits per heavy atom. The van der Waals surface area contributed by atoms with Crippen molar-refractivity contribution in [2.24, 2.45) is 0 Å². The van der Waals surface area contributed by atoms with Crippen molar-refractivity contribution in [1.29, 1.82) is 0 Å². The number of unbranched alkanes of at least 4 members (excludes halogenated alkanes) is 6. The van der Waals surface area contributed by atoms with E-state index in [1.165, 1.54) is 44.9 Å².